The third-order valence-corrected chi connectivity index (χ3v) is 5.38. The molecule has 0 amide bonds. The third kappa shape index (κ3) is 3.79. The van der Waals surface area contributed by atoms with Crippen molar-refractivity contribution in [2.45, 2.75) is 25.9 Å². The molecule has 0 saturated carbocycles. The predicted molar refractivity (Wildman–Crippen MR) is 100 cm³/mol. The highest BCUT2D eigenvalue weighted by molar-refractivity contribution is 6.34. The number of aliphatic imine (C=N–C) groups is 1. The lowest BCUT2D eigenvalue weighted by molar-refractivity contribution is 0.0705. The Morgan fingerprint density at radius 1 is 1.19 bits per heavy atom. The second kappa shape index (κ2) is 8.08. The maximum absolute atomic E-state index is 14.6. The molecule has 0 bridgehead atoms. The Morgan fingerprint density at radius 2 is 1.78 bits per heavy atom. The summed E-state index contributed by atoms with van der Waals surface area (Å²) in [5.74, 6) is -1.96. The minimum absolute atomic E-state index is 0.0649. The largest absolute Gasteiger partial charge is 0.315 e. The lowest BCUT2D eigenvalue weighted by atomic mass is 9.95. The van der Waals surface area contributed by atoms with Crippen LogP contribution in [-0.4, -0.2) is 49.2 Å². The topological polar surface area (TPSA) is 42.9 Å². The number of guanidine groups is 1. The SMILES string of the molecule is CN=C1NC(Cl)=C(c2c(F)cc(F)cc2F)C(N2CCC(C)CC2)N1NC. The summed E-state index contributed by atoms with van der Waals surface area (Å²) >= 11 is 6.42. The van der Waals surface area contributed by atoms with Crippen LogP contribution in [0.15, 0.2) is 22.3 Å². The second-order valence-electron chi connectivity index (χ2n) is 6.83. The summed E-state index contributed by atoms with van der Waals surface area (Å²) in [5, 5.41) is 4.61. The van der Waals surface area contributed by atoms with Crippen molar-refractivity contribution in [3.63, 3.8) is 0 Å². The average molecular weight is 402 g/mol. The monoisotopic (exact) mass is 401 g/mol. The third-order valence-electron chi connectivity index (χ3n) is 5.08. The number of benzene rings is 1. The van der Waals surface area contributed by atoms with Crippen molar-refractivity contribution in [3.05, 3.63) is 40.3 Å². The number of nitrogens with zero attached hydrogens (tertiary/aromatic N) is 3. The van der Waals surface area contributed by atoms with Crippen LogP contribution >= 0.6 is 11.6 Å². The van der Waals surface area contributed by atoms with E-state index in [1.807, 2.05) is 0 Å². The van der Waals surface area contributed by atoms with E-state index < -0.39 is 23.6 Å². The van der Waals surface area contributed by atoms with E-state index in [2.05, 4.69) is 27.6 Å². The molecule has 27 heavy (non-hydrogen) atoms. The van der Waals surface area contributed by atoms with Crippen LogP contribution in [0.1, 0.15) is 25.3 Å². The lowest BCUT2D eigenvalue weighted by Gasteiger charge is -2.46. The number of piperidine rings is 1. The fourth-order valence-electron chi connectivity index (χ4n) is 3.63. The first-order valence-corrected chi connectivity index (χ1v) is 9.24. The van der Waals surface area contributed by atoms with Crippen molar-refractivity contribution < 1.29 is 13.2 Å². The molecule has 3 rings (SSSR count). The lowest BCUT2D eigenvalue weighted by Crippen LogP contribution is -2.63. The Morgan fingerprint density at radius 3 is 2.30 bits per heavy atom. The van der Waals surface area contributed by atoms with Gasteiger partial charge in [-0.05, 0) is 18.8 Å². The van der Waals surface area contributed by atoms with Gasteiger partial charge >= 0.3 is 0 Å². The van der Waals surface area contributed by atoms with E-state index in [-0.39, 0.29) is 16.3 Å². The molecule has 1 aromatic rings. The molecule has 1 saturated heterocycles. The van der Waals surface area contributed by atoms with Gasteiger partial charge in [0, 0.05) is 44.9 Å². The Kier molecular flexibility index (Phi) is 5.98. The van der Waals surface area contributed by atoms with Gasteiger partial charge in [0.1, 0.15) is 28.8 Å². The minimum atomic E-state index is -0.995. The van der Waals surface area contributed by atoms with Gasteiger partial charge in [-0.15, -0.1) is 0 Å². The second-order valence-corrected chi connectivity index (χ2v) is 7.21. The number of hydrazine groups is 1. The molecule has 1 atom stereocenters. The fourth-order valence-corrected chi connectivity index (χ4v) is 3.91. The van der Waals surface area contributed by atoms with E-state index in [0.29, 0.717) is 24.0 Å². The summed E-state index contributed by atoms with van der Waals surface area (Å²) in [6, 6.07) is 1.33. The molecule has 2 heterocycles. The Bertz CT molecular complexity index is 751. The average Bonchev–Trinajstić information content (AvgIpc) is 2.62. The summed E-state index contributed by atoms with van der Waals surface area (Å²) in [5.41, 5.74) is 2.89. The molecular weight excluding hydrogens is 379 g/mol. The van der Waals surface area contributed by atoms with E-state index in [4.69, 9.17) is 11.6 Å². The van der Waals surface area contributed by atoms with Crippen LogP contribution in [-0.2, 0) is 0 Å². The van der Waals surface area contributed by atoms with Gasteiger partial charge in [-0.2, -0.15) is 0 Å². The van der Waals surface area contributed by atoms with E-state index >= 15 is 0 Å². The number of rotatable bonds is 3. The van der Waals surface area contributed by atoms with Crippen molar-refractivity contribution in [3.8, 4) is 0 Å². The predicted octanol–water partition coefficient (Wildman–Crippen LogP) is 3.09. The van der Waals surface area contributed by atoms with Crippen LogP contribution in [0.5, 0.6) is 0 Å². The molecule has 5 nitrogen and oxygen atoms in total. The molecule has 148 valence electrons. The van der Waals surface area contributed by atoms with Gasteiger partial charge in [0.05, 0.1) is 5.56 Å². The summed E-state index contributed by atoms with van der Waals surface area (Å²) in [6.45, 7) is 3.65. The molecule has 1 unspecified atom stereocenters. The van der Waals surface area contributed by atoms with Crippen LogP contribution in [0.4, 0.5) is 13.2 Å². The zero-order valence-electron chi connectivity index (χ0n) is 15.5. The summed E-state index contributed by atoms with van der Waals surface area (Å²) < 4.78 is 42.6. The van der Waals surface area contributed by atoms with Gasteiger partial charge in [-0.25, -0.2) is 18.6 Å². The Hall–Kier alpha value is -1.77. The molecule has 1 aromatic carbocycles. The van der Waals surface area contributed by atoms with Crippen molar-refractivity contribution in [1.29, 1.82) is 0 Å². The highest BCUT2D eigenvalue weighted by Gasteiger charge is 2.40. The van der Waals surface area contributed by atoms with E-state index in [9.17, 15) is 13.2 Å². The van der Waals surface area contributed by atoms with E-state index in [1.54, 1.807) is 19.1 Å². The van der Waals surface area contributed by atoms with Crippen LogP contribution in [0, 0.1) is 23.4 Å². The van der Waals surface area contributed by atoms with Gasteiger partial charge in [0.2, 0.25) is 5.96 Å². The summed E-state index contributed by atoms with van der Waals surface area (Å²) in [4.78, 5) is 6.27. The van der Waals surface area contributed by atoms with E-state index in [1.165, 1.54) is 0 Å². The van der Waals surface area contributed by atoms with Crippen LogP contribution in [0.25, 0.3) is 5.57 Å². The van der Waals surface area contributed by atoms with Crippen LogP contribution in [0.3, 0.4) is 0 Å². The first-order chi connectivity index (χ1) is 12.9. The number of nitrogens with one attached hydrogen (secondary N) is 2. The number of hydrogen-bond donors (Lipinski definition) is 2. The normalized spacial score (nSPS) is 23.9. The van der Waals surface area contributed by atoms with Gasteiger partial charge in [0.25, 0.3) is 0 Å². The quantitative estimate of drug-likeness (QED) is 0.764. The number of likely N-dealkylation sites (tertiary alicyclic amines) is 1. The standard InChI is InChI=1S/C18H23ClF3N5/c1-10-4-6-26(7-5-10)17-15(14-12(21)8-11(20)9-13(14)22)16(19)25-18(23-2)27(17)24-3/h8-10,17,24H,4-7H2,1-3H3,(H,23,25). The molecule has 0 aromatic heterocycles. The van der Waals surface area contributed by atoms with Crippen LogP contribution in [0.2, 0.25) is 0 Å². The van der Waals surface area contributed by atoms with Crippen molar-refractivity contribution in [1.82, 2.24) is 20.7 Å². The van der Waals surface area contributed by atoms with Crippen LogP contribution < -0.4 is 10.7 Å². The highest BCUT2D eigenvalue weighted by Crippen LogP contribution is 2.36. The van der Waals surface area contributed by atoms with Gasteiger partial charge in [-0.1, -0.05) is 18.5 Å². The Balaban J connectivity index is 2.15. The van der Waals surface area contributed by atoms with Crippen molar-refractivity contribution in [2.24, 2.45) is 10.9 Å². The fraction of sp³-hybridized carbons (Fsp3) is 0.500. The smallest absolute Gasteiger partial charge is 0.215 e. The molecule has 1 fully saturated rings. The molecule has 2 aliphatic rings. The maximum atomic E-state index is 14.6. The van der Waals surface area contributed by atoms with Gasteiger partial charge in [0.15, 0.2) is 0 Å². The highest BCUT2D eigenvalue weighted by atomic mass is 35.5. The first-order valence-electron chi connectivity index (χ1n) is 8.86. The maximum Gasteiger partial charge on any atom is 0.215 e. The molecule has 2 aliphatic heterocycles. The Labute approximate surface area is 161 Å². The van der Waals surface area contributed by atoms with Crippen molar-refractivity contribution >= 4 is 23.1 Å². The van der Waals surface area contributed by atoms with Gasteiger partial charge < -0.3 is 5.32 Å². The molecule has 9 heteroatoms. The summed E-state index contributed by atoms with van der Waals surface area (Å²) in [7, 11) is 3.29. The van der Waals surface area contributed by atoms with E-state index in [0.717, 1.165) is 25.9 Å². The van der Waals surface area contributed by atoms with Gasteiger partial charge in [-0.3, -0.25) is 14.9 Å². The minimum Gasteiger partial charge on any atom is -0.315 e. The first kappa shape index (κ1) is 20.0. The zero-order chi connectivity index (χ0) is 19.7. The number of hydrogen-bond acceptors (Lipinski definition) is 3. The zero-order valence-corrected chi connectivity index (χ0v) is 16.2. The number of halogens is 4. The summed E-state index contributed by atoms with van der Waals surface area (Å²) in [6.07, 6.45) is 1.32. The molecule has 0 spiro atoms. The van der Waals surface area contributed by atoms with Crippen molar-refractivity contribution in [2.75, 3.05) is 27.2 Å². The molecule has 2 N–H and O–H groups in total. The molecule has 0 radical (unpaired) electrons. The molecular formula is C18H23ClF3N5. The molecule has 0 aliphatic carbocycles.